The van der Waals surface area contributed by atoms with Crippen molar-refractivity contribution in [2.45, 2.75) is 28.6 Å². The lowest BCUT2D eigenvalue weighted by Crippen LogP contribution is -2.45. The van der Waals surface area contributed by atoms with E-state index in [2.05, 4.69) is 14.7 Å². The molecule has 1 heterocycles. The molecular formula is C20H20N4O5S2. The summed E-state index contributed by atoms with van der Waals surface area (Å²) in [6, 6.07) is 14.6. The summed E-state index contributed by atoms with van der Waals surface area (Å²) in [7, 11) is -4.02. The monoisotopic (exact) mass is 460 g/mol. The molecule has 0 aliphatic carbocycles. The molecule has 3 rings (SSSR count). The first-order chi connectivity index (χ1) is 14.8. The molecule has 2 aromatic carbocycles. The van der Waals surface area contributed by atoms with Crippen LogP contribution in [0.25, 0.3) is 0 Å². The van der Waals surface area contributed by atoms with Crippen molar-refractivity contribution in [1.82, 2.24) is 14.7 Å². The lowest BCUT2D eigenvalue weighted by atomic mass is 10.0. The molecule has 11 heteroatoms. The number of nitrogens with one attached hydrogen (secondary N) is 1. The molecular weight excluding hydrogens is 440 g/mol. The summed E-state index contributed by atoms with van der Waals surface area (Å²) in [5.41, 5.74) is 0.637. The molecule has 0 aliphatic rings. The first-order valence-corrected chi connectivity index (χ1v) is 11.7. The second kappa shape index (κ2) is 10.4. The third-order valence-corrected chi connectivity index (χ3v) is 6.84. The highest BCUT2D eigenvalue weighted by atomic mass is 32.2. The molecule has 0 spiro atoms. The van der Waals surface area contributed by atoms with E-state index in [1.54, 1.807) is 18.5 Å². The maximum absolute atomic E-state index is 12.9. The number of aliphatic hydroxyl groups excluding tert-OH is 1. The fourth-order valence-corrected chi connectivity index (χ4v) is 4.87. The van der Waals surface area contributed by atoms with Crippen LogP contribution in [0.3, 0.4) is 0 Å². The quantitative estimate of drug-likeness (QED) is 0.204. The maximum Gasteiger partial charge on any atom is 0.269 e. The number of nitro groups is 1. The van der Waals surface area contributed by atoms with E-state index >= 15 is 0 Å². The lowest BCUT2D eigenvalue weighted by molar-refractivity contribution is -0.384. The molecule has 31 heavy (non-hydrogen) atoms. The molecule has 0 bridgehead atoms. The number of thioether (sulfide) groups is 1. The Morgan fingerprint density at radius 2 is 1.68 bits per heavy atom. The minimum absolute atomic E-state index is 0.123. The highest BCUT2D eigenvalue weighted by Gasteiger charge is 2.27. The second-order valence-electron chi connectivity index (χ2n) is 6.58. The number of nitro benzene ring substituents is 1. The zero-order valence-electron chi connectivity index (χ0n) is 16.2. The van der Waals surface area contributed by atoms with Gasteiger partial charge in [-0.05, 0) is 30.2 Å². The van der Waals surface area contributed by atoms with E-state index in [9.17, 15) is 23.6 Å². The number of aliphatic hydroxyl groups is 1. The Kier molecular flexibility index (Phi) is 7.69. The van der Waals surface area contributed by atoms with Crippen LogP contribution in [0.4, 0.5) is 5.69 Å². The maximum atomic E-state index is 12.9. The van der Waals surface area contributed by atoms with Gasteiger partial charge < -0.3 is 5.11 Å². The number of sulfonamides is 1. The number of benzene rings is 2. The fourth-order valence-electron chi connectivity index (χ4n) is 2.77. The number of nitrogens with zero attached hydrogens (tertiary/aromatic N) is 3. The summed E-state index contributed by atoms with van der Waals surface area (Å²) >= 11 is 1.21. The SMILES string of the molecule is O=[N+]([O-])c1ccc(S(=O)(=O)N[C@@H](Cc2ccccc2)[C@H](O)CSc2ncccn2)cc1. The Labute approximate surface area is 183 Å². The van der Waals surface area contributed by atoms with Gasteiger partial charge in [-0.15, -0.1) is 0 Å². The van der Waals surface area contributed by atoms with Crippen LogP contribution >= 0.6 is 11.8 Å². The van der Waals surface area contributed by atoms with Gasteiger partial charge in [-0.25, -0.2) is 23.1 Å². The van der Waals surface area contributed by atoms with Crippen molar-refractivity contribution in [3.05, 3.63) is 88.7 Å². The van der Waals surface area contributed by atoms with Crippen molar-refractivity contribution in [2.75, 3.05) is 5.75 Å². The van der Waals surface area contributed by atoms with Crippen LogP contribution < -0.4 is 4.72 Å². The Hall–Kier alpha value is -2.86. The summed E-state index contributed by atoms with van der Waals surface area (Å²) < 4.78 is 28.3. The van der Waals surface area contributed by atoms with Crippen molar-refractivity contribution in [3.63, 3.8) is 0 Å². The molecule has 2 atom stereocenters. The van der Waals surface area contributed by atoms with E-state index in [0.29, 0.717) is 5.16 Å². The van der Waals surface area contributed by atoms with Crippen molar-refractivity contribution in [2.24, 2.45) is 0 Å². The Morgan fingerprint density at radius 3 is 2.29 bits per heavy atom. The summed E-state index contributed by atoms with van der Waals surface area (Å²) in [5.74, 6) is 0.171. The van der Waals surface area contributed by atoms with Crippen LogP contribution in [0.15, 0.2) is 83.1 Å². The summed E-state index contributed by atoms with van der Waals surface area (Å²) in [5, 5.41) is 22.1. The van der Waals surface area contributed by atoms with E-state index in [-0.39, 0.29) is 22.8 Å². The summed E-state index contributed by atoms with van der Waals surface area (Å²) in [6.45, 7) is 0. The molecule has 9 nitrogen and oxygen atoms in total. The molecule has 162 valence electrons. The molecule has 2 N–H and O–H groups in total. The van der Waals surface area contributed by atoms with E-state index < -0.39 is 27.1 Å². The third-order valence-electron chi connectivity index (χ3n) is 4.35. The van der Waals surface area contributed by atoms with Crippen molar-refractivity contribution < 1.29 is 18.4 Å². The average molecular weight is 461 g/mol. The Morgan fingerprint density at radius 1 is 1.03 bits per heavy atom. The fraction of sp³-hybridized carbons (Fsp3) is 0.200. The predicted molar refractivity (Wildman–Crippen MR) is 116 cm³/mol. The molecule has 1 aromatic heterocycles. The van der Waals surface area contributed by atoms with Gasteiger partial charge in [-0.2, -0.15) is 0 Å². The van der Waals surface area contributed by atoms with E-state index in [1.165, 1.54) is 23.9 Å². The van der Waals surface area contributed by atoms with Crippen LogP contribution in [-0.4, -0.2) is 46.3 Å². The second-order valence-corrected chi connectivity index (χ2v) is 9.28. The van der Waals surface area contributed by atoms with Crippen molar-refractivity contribution in [1.29, 1.82) is 0 Å². The van der Waals surface area contributed by atoms with E-state index in [1.807, 2.05) is 30.3 Å². The first kappa shape index (κ1) is 22.8. The zero-order valence-corrected chi connectivity index (χ0v) is 17.9. The topological polar surface area (TPSA) is 135 Å². The highest BCUT2D eigenvalue weighted by Crippen LogP contribution is 2.20. The molecule has 0 saturated carbocycles. The number of aromatic nitrogens is 2. The highest BCUT2D eigenvalue weighted by molar-refractivity contribution is 7.99. The van der Waals surface area contributed by atoms with E-state index in [4.69, 9.17) is 0 Å². The standard InChI is InChI=1S/C20H20N4O5S2/c25-19(14-30-20-21-11-4-12-22-20)18(13-15-5-2-1-3-6-15)23-31(28,29)17-9-7-16(8-10-17)24(26)27/h1-12,18-19,23,25H,13-14H2/t18-,19+/m0/s1. The van der Waals surface area contributed by atoms with E-state index in [0.717, 1.165) is 17.7 Å². The smallest absolute Gasteiger partial charge is 0.269 e. The molecule has 3 aromatic rings. The molecule has 0 aliphatic heterocycles. The van der Waals surface area contributed by atoms with Gasteiger partial charge in [-0.3, -0.25) is 10.1 Å². The molecule has 0 amide bonds. The molecule has 0 unspecified atom stereocenters. The van der Waals surface area contributed by atoms with Crippen molar-refractivity contribution in [3.8, 4) is 0 Å². The summed E-state index contributed by atoms with van der Waals surface area (Å²) in [4.78, 5) is 18.3. The Balaban J connectivity index is 1.78. The van der Waals surface area contributed by atoms with Crippen molar-refractivity contribution >= 4 is 27.5 Å². The molecule has 0 saturated heterocycles. The first-order valence-electron chi connectivity index (χ1n) is 9.24. The summed E-state index contributed by atoms with van der Waals surface area (Å²) in [6.07, 6.45) is 2.38. The normalized spacial score (nSPS) is 13.5. The minimum Gasteiger partial charge on any atom is -0.391 e. The van der Waals surface area contributed by atoms with Crippen LogP contribution in [0, 0.1) is 10.1 Å². The lowest BCUT2D eigenvalue weighted by Gasteiger charge is -2.24. The number of rotatable bonds is 10. The number of hydrogen-bond donors (Lipinski definition) is 2. The van der Waals surface area contributed by atoms with Gasteiger partial charge in [0, 0.05) is 30.3 Å². The third kappa shape index (κ3) is 6.56. The van der Waals surface area contributed by atoms with Crippen LogP contribution in [0.1, 0.15) is 5.56 Å². The van der Waals surface area contributed by atoms with Gasteiger partial charge in [-0.1, -0.05) is 42.1 Å². The largest absolute Gasteiger partial charge is 0.391 e. The molecule has 0 radical (unpaired) electrons. The van der Waals surface area contributed by atoms with Gasteiger partial charge >= 0.3 is 0 Å². The average Bonchev–Trinajstić information content (AvgIpc) is 2.78. The van der Waals surface area contributed by atoms with Gasteiger partial charge in [0.05, 0.1) is 22.0 Å². The number of non-ortho nitro benzene ring substituents is 1. The van der Waals surface area contributed by atoms with Gasteiger partial charge in [0.15, 0.2) is 5.16 Å². The minimum atomic E-state index is -4.02. The zero-order chi connectivity index (χ0) is 22.3. The Bertz CT molecular complexity index is 1100. The predicted octanol–water partition coefficient (Wildman–Crippen LogP) is 2.43. The van der Waals surface area contributed by atoms with Crippen LogP contribution in [-0.2, 0) is 16.4 Å². The van der Waals surface area contributed by atoms with Gasteiger partial charge in [0.2, 0.25) is 10.0 Å². The number of hydrogen-bond acceptors (Lipinski definition) is 8. The van der Waals surface area contributed by atoms with Gasteiger partial charge in [0.1, 0.15) is 0 Å². The van der Waals surface area contributed by atoms with Crippen LogP contribution in [0.5, 0.6) is 0 Å². The van der Waals surface area contributed by atoms with Crippen LogP contribution in [0.2, 0.25) is 0 Å². The molecule has 0 fully saturated rings. The van der Waals surface area contributed by atoms with Gasteiger partial charge in [0.25, 0.3) is 5.69 Å².